The van der Waals surface area contributed by atoms with E-state index < -0.39 is 82.2 Å². The van der Waals surface area contributed by atoms with Gasteiger partial charge in [-0.3, -0.25) is 24.1 Å². The highest BCUT2D eigenvalue weighted by Crippen LogP contribution is 2.65. The van der Waals surface area contributed by atoms with Crippen LogP contribution in [0.15, 0.2) is 340 Å². The minimum absolute atomic E-state index is 0.0226. The van der Waals surface area contributed by atoms with Crippen LogP contribution >= 0.6 is 0 Å². The number of benzene rings is 16. The Morgan fingerprint density at radius 2 is 0.522 bits per heavy atom. The minimum atomic E-state index is -0.909. The number of fused-ring (bicyclic) bond motifs is 22. The summed E-state index contributed by atoms with van der Waals surface area (Å²) >= 11 is 0. The molecule has 2 spiro atoms. The standard InChI is InChI=1S/C57H34N2O10.C43H20O11.C12H12N2O/c1-31-11-17-35(18-12-31)66-36-19-15-34(16-20-36)59-53(62)42-24-14-33(28-44(42)54(59)63)56(65)68-38-22-26-48-50(30-38)69-49-29-37(67-55(64)32-13-23-41-43(27-32)52(61)58(2)51(41)60)21-25-47(49)57(48)45-9-5-3-7-39(45)40-8-4-6-10-46(40)57;44-37(21-9-13-27-29(17-21)41(48)53-39(27)46)50-23-11-15-33-35(19-23)52-36-20-24(51-38(45)22-10-14-28-30(18-22)42(49)54-40(28)47)12-16-34(36)43(33)31-7-3-1-5-25(31)26-6-2-4-8-32(26)43;13-9-1-5-11(6-2-9)15-12-7-3-10(14)4-8-12/h3-30H,1-2H3;1-20H;1-8H,13-14H2. The van der Waals surface area contributed by atoms with E-state index in [0.29, 0.717) is 40.2 Å². The predicted molar refractivity (Wildman–Crippen MR) is 500 cm³/mol. The molecule has 666 valence electrons. The lowest BCUT2D eigenvalue weighted by Gasteiger charge is -2.39. The van der Waals surface area contributed by atoms with Gasteiger partial charge in [-0.1, -0.05) is 139 Å². The van der Waals surface area contributed by atoms with Gasteiger partial charge in [-0.05, 0) is 233 Å². The molecule has 8 aliphatic rings. The molecule has 16 aromatic rings. The van der Waals surface area contributed by atoms with Gasteiger partial charge < -0.3 is 58.8 Å². The van der Waals surface area contributed by atoms with Gasteiger partial charge in [0, 0.05) is 64.9 Å². The highest BCUT2D eigenvalue weighted by atomic mass is 16.6. The van der Waals surface area contributed by atoms with Crippen molar-refractivity contribution in [2.45, 2.75) is 17.8 Å². The Bertz CT molecular complexity index is 7830. The first kappa shape index (κ1) is 84.3. The van der Waals surface area contributed by atoms with E-state index in [2.05, 4.69) is 58.0 Å². The van der Waals surface area contributed by atoms with Crippen LogP contribution in [-0.4, -0.2) is 83.3 Å². The van der Waals surface area contributed by atoms with Gasteiger partial charge in [0.2, 0.25) is 0 Å². The van der Waals surface area contributed by atoms with Crippen molar-refractivity contribution >= 4 is 88.4 Å². The van der Waals surface area contributed by atoms with Gasteiger partial charge in [0.15, 0.2) is 0 Å². The van der Waals surface area contributed by atoms with Gasteiger partial charge in [0.1, 0.15) is 69.0 Å². The van der Waals surface area contributed by atoms with Crippen molar-refractivity contribution in [1.29, 1.82) is 0 Å². The number of nitrogens with zero attached hydrogens (tertiary/aromatic N) is 2. The second-order valence-corrected chi connectivity index (χ2v) is 33.2. The fourth-order valence-electron chi connectivity index (χ4n) is 18.8. The van der Waals surface area contributed by atoms with Crippen LogP contribution in [-0.2, 0) is 20.3 Å². The van der Waals surface area contributed by atoms with E-state index in [1.165, 1.54) is 79.8 Å². The fraction of sp³-hybridized carbons (Fsp3) is 0.0357. The third-order valence-electron chi connectivity index (χ3n) is 25.2. The third-order valence-corrected chi connectivity index (χ3v) is 25.2. The summed E-state index contributed by atoms with van der Waals surface area (Å²) in [5.74, 6) is -3.60. The van der Waals surface area contributed by atoms with Gasteiger partial charge in [-0.25, -0.2) is 43.3 Å². The molecule has 16 aromatic carbocycles. The number of rotatable bonds is 13. The van der Waals surface area contributed by atoms with E-state index in [4.69, 9.17) is 49.4 Å². The number of anilines is 3. The largest absolute Gasteiger partial charge is 0.457 e. The SMILES string of the molecule is Cc1ccc(Oc2ccc(N3C(=O)c4ccc(C(=O)Oc5ccc6c(c5)Oc5cc(OC(=O)c7ccc8c(c7)C(=O)N(C)C8=O)ccc5C65c6ccccc6-c6ccccc65)cc4C3=O)cc2)cc1.Nc1ccc(Oc2ccc(N)cc2)cc1.O=C(Oc1ccc2c(c1)Oc1cc(OC(=O)c3ccc4c(c3)C(=O)OC4=O)ccc1C21c2ccccc2-c2ccccc21)c1ccc2c(c1)C(=O)OC2=O. The van der Waals surface area contributed by atoms with E-state index in [1.807, 2.05) is 128 Å². The first-order valence-electron chi connectivity index (χ1n) is 43.2. The van der Waals surface area contributed by atoms with Crippen molar-refractivity contribution in [2.24, 2.45) is 0 Å². The third kappa shape index (κ3) is 14.1. The molecule has 0 radical (unpaired) electrons. The Balaban J connectivity index is 0.000000141. The Hall–Kier alpha value is -19.2. The number of nitrogen functional groups attached to an aromatic ring is 2. The number of aryl methyl sites for hydroxylation is 1. The number of carbonyl (C=O) groups is 12. The molecule has 0 saturated heterocycles. The monoisotopic (exact) mass is 1820 g/mol. The maximum Gasteiger partial charge on any atom is 0.346 e. The molecule has 0 fully saturated rings. The number of nitrogens with two attached hydrogens (primary N) is 2. The van der Waals surface area contributed by atoms with Crippen molar-refractivity contribution in [3.05, 3.63) is 457 Å². The first-order valence-corrected chi connectivity index (χ1v) is 43.2. The number of hydrogen-bond donors (Lipinski definition) is 2. The van der Waals surface area contributed by atoms with E-state index in [0.717, 1.165) is 105 Å². The van der Waals surface area contributed by atoms with Crippen LogP contribution < -0.4 is 54.3 Å². The van der Waals surface area contributed by atoms with Crippen LogP contribution in [0, 0.1) is 6.92 Å². The minimum Gasteiger partial charge on any atom is -0.457 e. The molecule has 0 saturated carbocycles. The smallest absolute Gasteiger partial charge is 0.346 e. The van der Waals surface area contributed by atoms with Crippen LogP contribution in [0.3, 0.4) is 0 Å². The summed E-state index contributed by atoms with van der Waals surface area (Å²) in [4.78, 5) is 157. The van der Waals surface area contributed by atoms with Crippen molar-refractivity contribution in [1.82, 2.24) is 4.90 Å². The maximum absolute atomic E-state index is 13.9. The van der Waals surface area contributed by atoms with Gasteiger partial charge >= 0.3 is 47.8 Å². The normalized spacial score (nSPS) is 14.0. The number of imide groups is 2. The van der Waals surface area contributed by atoms with E-state index in [-0.39, 0.29) is 89.8 Å². The topological polar surface area (TPSA) is 356 Å². The van der Waals surface area contributed by atoms with Gasteiger partial charge in [-0.15, -0.1) is 0 Å². The quantitative estimate of drug-likeness (QED) is 0.0356. The Kier molecular flexibility index (Phi) is 20.1. The molecular weight excluding hydrogens is 1750 g/mol. The molecule has 0 aromatic heterocycles. The van der Waals surface area contributed by atoms with Crippen LogP contribution in [0.5, 0.6) is 69.0 Å². The Morgan fingerprint density at radius 3 is 0.870 bits per heavy atom. The molecule has 4 amide bonds. The average Bonchev–Trinajstić information content (AvgIpc) is 1.50. The van der Waals surface area contributed by atoms with Gasteiger partial charge in [-0.2, -0.15) is 0 Å². The second-order valence-electron chi connectivity index (χ2n) is 33.2. The van der Waals surface area contributed by atoms with Gasteiger partial charge in [0.25, 0.3) is 23.6 Å². The Labute approximate surface area is 782 Å². The highest BCUT2D eigenvalue weighted by Gasteiger charge is 2.54. The van der Waals surface area contributed by atoms with E-state index in [9.17, 15) is 57.5 Å². The molecule has 138 heavy (non-hydrogen) atoms. The van der Waals surface area contributed by atoms with E-state index in [1.54, 1.807) is 97.1 Å². The number of carbonyl (C=O) groups excluding carboxylic acids is 12. The van der Waals surface area contributed by atoms with Crippen molar-refractivity contribution in [2.75, 3.05) is 23.4 Å². The zero-order valence-corrected chi connectivity index (χ0v) is 72.4. The second kappa shape index (κ2) is 32.9. The van der Waals surface area contributed by atoms with Gasteiger partial charge in [0.05, 0.1) is 83.3 Å². The lowest BCUT2D eigenvalue weighted by Crippen LogP contribution is -2.32. The molecule has 2 aliphatic carbocycles. The summed E-state index contributed by atoms with van der Waals surface area (Å²) in [6.45, 7) is 1.98. The summed E-state index contributed by atoms with van der Waals surface area (Å²) in [5, 5.41) is 0. The number of hydrogen-bond acceptors (Lipinski definition) is 24. The zero-order chi connectivity index (χ0) is 94.8. The molecule has 0 bridgehead atoms. The van der Waals surface area contributed by atoms with Crippen LogP contribution in [0.2, 0.25) is 0 Å². The Morgan fingerprint density at radius 1 is 0.254 bits per heavy atom. The number of cyclic esters (lactones) is 4. The number of amides is 4. The molecule has 26 nitrogen and oxygen atoms in total. The molecule has 26 heteroatoms. The summed E-state index contributed by atoms with van der Waals surface area (Å²) in [5.41, 5.74) is 24.2. The maximum atomic E-state index is 13.9. The number of esters is 8. The highest BCUT2D eigenvalue weighted by molar-refractivity contribution is 6.35. The van der Waals surface area contributed by atoms with Crippen molar-refractivity contribution in [3.63, 3.8) is 0 Å². The van der Waals surface area contributed by atoms with Crippen LogP contribution in [0.4, 0.5) is 17.1 Å². The summed E-state index contributed by atoms with van der Waals surface area (Å²) in [6, 6.07) is 98.0. The predicted octanol–water partition coefficient (Wildman–Crippen LogP) is 20.6. The van der Waals surface area contributed by atoms with Crippen LogP contribution in [0.1, 0.15) is 174 Å². The van der Waals surface area contributed by atoms with Crippen molar-refractivity contribution in [3.8, 4) is 91.2 Å². The molecule has 6 aliphatic heterocycles. The summed E-state index contributed by atoms with van der Waals surface area (Å²) in [7, 11) is 1.38. The summed E-state index contributed by atoms with van der Waals surface area (Å²) < 4.78 is 57.4. The summed E-state index contributed by atoms with van der Waals surface area (Å²) in [6.07, 6.45) is 0. The lowest BCUT2D eigenvalue weighted by molar-refractivity contribution is 0.0425. The molecule has 0 atom stereocenters. The molecule has 4 N–H and O–H groups in total. The van der Waals surface area contributed by atoms with Crippen molar-refractivity contribution < 1.29 is 105 Å². The fourth-order valence-corrected chi connectivity index (χ4v) is 18.8. The van der Waals surface area contributed by atoms with Crippen LogP contribution in [0.25, 0.3) is 22.3 Å². The number of ether oxygens (including phenoxy) is 10. The molecule has 24 rings (SSSR count). The van der Waals surface area contributed by atoms with E-state index >= 15 is 0 Å². The average molecular weight is 1820 g/mol. The molecular formula is C112H66N4O22. The lowest BCUT2D eigenvalue weighted by atomic mass is 9.66. The molecule has 0 unspecified atom stereocenters. The first-order chi connectivity index (χ1) is 66.9. The molecule has 6 heterocycles. The zero-order valence-electron chi connectivity index (χ0n) is 72.4.